The Morgan fingerprint density at radius 1 is 1.36 bits per heavy atom. The van der Waals surface area contributed by atoms with E-state index >= 15 is 0 Å². The van der Waals surface area contributed by atoms with Crippen molar-refractivity contribution in [3.8, 4) is 0 Å². The Bertz CT molecular complexity index is 572. The van der Waals surface area contributed by atoms with Crippen molar-refractivity contribution in [2.75, 3.05) is 6.61 Å². The van der Waals surface area contributed by atoms with Gasteiger partial charge in [0.15, 0.2) is 6.61 Å². The number of carbonyl (C=O) groups is 2. The third kappa shape index (κ3) is 3.44. The number of nitrogens with zero attached hydrogens (tertiary/aromatic N) is 2. The Morgan fingerprint density at radius 3 is 2.55 bits per heavy atom. The standard InChI is InChI=1S/C14H18N2O6/c1-9-4-3-5-10(2)15(9)12(17)8-21-14(18)11-6-7-13(22-11)16(19)20/h6-7,9-10H,3-5,8H2,1-2H3/t9-,10-/m0/s1. The number of nitro groups is 1. The lowest BCUT2D eigenvalue weighted by Gasteiger charge is -2.38. The van der Waals surface area contributed by atoms with Crippen LogP contribution >= 0.6 is 0 Å². The molecule has 0 radical (unpaired) electrons. The summed E-state index contributed by atoms with van der Waals surface area (Å²) in [5.74, 6) is -2.00. The van der Waals surface area contributed by atoms with Crippen molar-refractivity contribution in [3.05, 3.63) is 28.0 Å². The average molecular weight is 310 g/mol. The second kappa shape index (κ2) is 6.59. The SMILES string of the molecule is C[C@H]1CCC[C@H](C)N1C(=O)COC(=O)c1ccc([N+](=O)[O-])o1. The minimum Gasteiger partial charge on any atom is -0.450 e. The fraction of sp³-hybridized carbons (Fsp3) is 0.571. The largest absolute Gasteiger partial charge is 0.450 e. The molecule has 0 unspecified atom stereocenters. The molecule has 2 atom stereocenters. The first-order valence-electron chi connectivity index (χ1n) is 7.12. The molecule has 0 spiro atoms. The van der Waals surface area contributed by atoms with Crippen LogP contribution in [0.2, 0.25) is 0 Å². The summed E-state index contributed by atoms with van der Waals surface area (Å²) in [5, 5.41) is 10.5. The summed E-state index contributed by atoms with van der Waals surface area (Å²) in [6, 6.07) is 2.43. The number of hydrogen-bond donors (Lipinski definition) is 0. The molecule has 120 valence electrons. The van der Waals surface area contributed by atoms with E-state index in [1.54, 1.807) is 4.90 Å². The summed E-state index contributed by atoms with van der Waals surface area (Å²) in [6.07, 6.45) is 2.92. The lowest BCUT2D eigenvalue weighted by molar-refractivity contribution is -0.402. The molecule has 0 saturated carbocycles. The first-order chi connectivity index (χ1) is 10.4. The second-order valence-corrected chi connectivity index (χ2v) is 5.40. The lowest BCUT2D eigenvalue weighted by atomic mass is 9.97. The zero-order valence-electron chi connectivity index (χ0n) is 12.5. The van der Waals surface area contributed by atoms with E-state index in [2.05, 4.69) is 0 Å². The molecule has 1 aliphatic heterocycles. The molecule has 0 bridgehead atoms. The molecule has 1 amide bonds. The van der Waals surface area contributed by atoms with Crippen molar-refractivity contribution in [2.45, 2.75) is 45.2 Å². The summed E-state index contributed by atoms with van der Waals surface area (Å²) < 4.78 is 9.61. The Kier molecular flexibility index (Phi) is 4.79. The number of furan rings is 1. The van der Waals surface area contributed by atoms with E-state index in [9.17, 15) is 19.7 Å². The maximum Gasteiger partial charge on any atom is 0.433 e. The van der Waals surface area contributed by atoms with E-state index in [4.69, 9.17) is 9.15 Å². The number of esters is 1. The number of hydrogen-bond acceptors (Lipinski definition) is 6. The van der Waals surface area contributed by atoms with Gasteiger partial charge in [-0.15, -0.1) is 0 Å². The van der Waals surface area contributed by atoms with E-state index in [1.165, 1.54) is 0 Å². The van der Waals surface area contributed by atoms with E-state index in [0.29, 0.717) is 0 Å². The fourth-order valence-corrected chi connectivity index (χ4v) is 2.72. The molecule has 1 aromatic rings. The number of likely N-dealkylation sites (tertiary alicyclic amines) is 1. The van der Waals surface area contributed by atoms with Gasteiger partial charge in [0.05, 0.1) is 6.07 Å². The van der Waals surface area contributed by atoms with E-state index in [-0.39, 0.29) is 23.8 Å². The molecule has 2 heterocycles. The van der Waals surface area contributed by atoms with Gasteiger partial charge in [-0.3, -0.25) is 14.9 Å². The number of piperidine rings is 1. The minimum atomic E-state index is -0.890. The molecule has 8 heteroatoms. The van der Waals surface area contributed by atoms with Crippen LogP contribution in [0, 0.1) is 10.1 Å². The van der Waals surface area contributed by atoms with Gasteiger partial charge in [0, 0.05) is 12.1 Å². The molecule has 2 rings (SSSR count). The van der Waals surface area contributed by atoms with Crippen LogP contribution in [0.4, 0.5) is 5.88 Å². The molecular weight excluding hydrogens is 292 g/mol. The normalized spacial score (nSPS) is 21.5. The Labute approximate surface area is 127 Å². The van der Waals surface area contributed by atoms with Crippen LogP contribution < -0.4 is 0 Å². The van der Waals surface area contributed by atoms with Crippen molar-refractivity contribution in [1.29, 1.82) is 0 Å². The third-order valence-corrected chi connectivity index (χ3v) is 3.78. The van der Waals surface area contributed by atoms with E-state index in [0.717, 1.165) is 31.4 Å². The van der Waals surface area contributed by atoms with Gasteiger partial charge < -0.3 is 14.1 Å². The maximum atomic E-state index is 12.2. The van der Waals surface area contributed by atoms with Crippen LogP contribution in [0.1, 0.15) is 43.7 Å². The van der Waals surface area contributed by atoms with Crippen LogP contribution in [0.25, 0.3) is 0 Å². The van der Waals surface area contributed by atoms with Gasteiger partial charge in [0.25, 0.3) is 5.91 Å². The Hall–Kier alpha value is -2.38. The van der Waals surface area contributed by atoms with Gasteiger partial charge in [0.2, 0.25) is 5.76 Å². The van der Waals surface area contributed by atoms with Crippen LogP contribution in [0.5, 0.6) is 0 Å². The predicted octanol–water partition coefficient (Wildman–Crippen LogP) is 2.13. The number of ether oxygens (including phenoxy) is 1. The van der Waals surface area contributed by atoms with Crippen LogP contribution in [-0.2, 0) is 9.53 Å². The Morgan fingerprint density at radius 2 is 2.00 bits per heavy atom. The number of rotatable bonds is 4. The molecular formula is C14H18N2O6. The van der Waals surface area contributed by atoms with Crippen molar-refractivity contribution in [1.82, 2.24) is 4.90 Å². The fourth-order valence-electron chi connectivity index (χ4n) is 2.72. The zero-order valence-corrected chi connectivity index (χ0v) is 12.5. The molecule has 0 aromatic carbocycles. The van der Waals surface area contributed by atoms with Crippen LogP contribution in [0.3, 0.4) is 0 Å². The van der Waals surface area contributed by atoms with E-state index in [1.807, 2.05) is 13.8 Å². The highest BCUT2D eigenvalue weighted by atomic mass is 16.7. The van der Waals surface area contributed by atoms with Crippen molar-refractivity contribution < 1.29 is 23.7 Å². The lowest BCUT2D eigenvalue weighted by Crippen LogP contribution is -2.49. The second-order valence-electron chi connectivity index (χ2n) is 5.40. The molecule has 1 aromatic heterocycles. The summed E-state index contributed by atoms with van der Waals surface area (Å²) >= 11 is 0. The van der Waals surface area contributed by atoms with Crippen LogP contribution in [0.15, 0.2) is 16.5 Å². The van der Waals surface area contributed by atoms with Crippen molar-refractivity contribution in [3.63, 3.8) is 0 Å². The average Bonchev–Trinajstić information content (AvgIpc) is 2.94. The van der Waals surface area contributed by atoms with Crippen molar-refractivity contribution in [2.24, 2.45) is 0 Å². The highest BCUT2D eigenvalue weighted by Crippen LogP contribution is 2.22. The summed E-state index contributed by atoms with van der Waals surface area (Å²) in [5.41, 5.74) is 0. The smallest absolute Gasteiger partial charge is 0.433 e. The molecule has 1 aliphatic rings. The summed E-state index contributed by atoms with van der Waals surface area (Å²) in [4.78, 5) is 35.4. The molecule has 22 heavy (non-hydrogen) atoms. The first kappa shape index (κ1) is 16.0. The first-order valence-corrected chi connectivity index (χ1v) is 7.12. The summed E-state index contributed by atoms with van der Waals surface area (Å²) in [7, 11) is 0. The molecule has 0 aliphatic carbocycles. The van der Waals surface area contributed by atoms with Gasteiger partial charge in [-0.2, -0.15) is 0 Å². The third-order valence-electron chi connectivity index (χ3n) is 3.78. The monoisotopic (exact) mass is 310 g/mol. The quantitative estimate of drug-likeness (QED) is 0.479. The van der Waals surface area contributed by atoms with Crippen molar-refractivity contribution >= 4 is 17.8 Å². The highest BCUT2D eigenvalue weighted by molar-refractivity contribution is 5.89. The maximum absolute atomic E-state index is 12.2. The number of carbonyl (C=O) groups excluding carboxylic acids is 2. The topological polar surface area (TPSA) is 103 Å². The van der Waals surface area contributed by atoms with Crippen LogP contribution in [-0.4, -0.2) is 40.4 Å². The van der Waals surface area contributed by atoms with Gasteiger partial charge in [-0.05, 0) is 39.2 Å². The van der Waals surface area contributed by atoms with Gasteiger partial charge >= 0.3 is 11.9 Å². The number of amides is 1. The Balaban J connectivity index is 1.92. The molecule has 1 fully saturated rings. The zero-order chi connectivity index (χ0) is 16.3. The molecule has 0 N–H and O–H groups in total. The minimum absolute atomic E-state index is 0.111. The highest BCUT2D eigenvalue weighted by Gasteiger charge is 2.29. The van der Waals surface area contributed by atoms with Gasteiger partial charge in [-0.25, -0.2) is 4.79 Å². The summed E-state index contributed by atoms with van der Waals surface area (Å²) in [6.45, 7) is 3.53. The molecule has 8 nitrogen and oxygen atoms in total. The van der Waals surface area contributed by atoms with Gasteiger partial charge in [0.1, 0.15) is 4.92 Å². The molecule has 1 saturated heterocycles. The predicted molar refractivity (Wildman–Crippen MR) is 75.3 cm³/mol. The van der Waals surface area contributed by atoms with Gasteiger partial charge in [-0.1, -0.05) is 0 Å². The van der Waals surface area contributed by atoms with E-state index < -0.39 is 23.4 Å².